The van der Waals surface area contributed by atoms with Gasteiger partial charge in [-0.15, -0.1) is 0 Å². The van der Waals surface area contributed by atoms with Crippen molar-refractivity contribution in [2.75, 3.05) is 13.1 Å². The lowest BCUT2D eigenvalue weighted by atomic mass is 10.0. The molecule has 15 heavy (non-hydrogen) atoms. The molecule has 0 bridgehead atoms. The fourth-order valence-corrected chi connectivity index (χ4v) is 1.95. The lowest BCUT2D eigenvalue weighted by molar-refractivity contribution is -0.139. The summed E-state index contributed by atoms with van der Waals surface area (Å²) in [6.07, 6.45) is 2.61. The summed E-state index contributed by atoms with van der Waals surface area (Å²) in [5, 5.41) is 8.63. The molecule has 1 heterocycles. The molecule has 1 aliphatic heterocycles. The molecule has 0 aromatic carbocycles. The van der Waals surface area contributed by atoms with E-state index in [0.29, 0.717) is 18.9 Å². The van der Waals surface area contributed by atoms with Crippen molar-refractivity contribution in [2.24, 2.45) is 11.7 Å². The number of aliphatic carboxylic acids is 1. The number of amides is 1. The molecule has 5 nitrogen and oxygen atoms in total. The maximum Gasteiger partial charge on any atom is 0.322 e. The topological polar surface area (TPSA) is 83.6 Å². The van der Waals surface area contributed by atoms with E-state index < -0.39 is 12.0 Å². The molecule has 1 rings (SSSR count). The van der Waals surface area contributed by atoms with E-state index in [0.717, 1.165) is 12.8 Å². The summed E-state index contributed by atoms with van der Waals surface area (Å²) in [6.45, 7) is 2.87. The highest BCUT2D eigenvalue weighted by Crippen LogP contribution is 2.21. The molecule has 0 aromatic heterocycles. The van der Waals surface area contributed by atoms with Crippen molar-refractivity contribution < 1.29 is 14.7 Å². The minimum atomic E-state index is -1.05. The number of carbonyl (C=O) groups excluding carboxylic acids is 1. The Labute approximate surface area is 89.2 Å². The van der Waals surface area contributed by atoms with Crippen LogP contribution in [0.25, 0.3) is 0 Å². The monoisotopic (exact) mass is 214 g/mol. The Hall–Kier alpha value is -1.10. The van der Waals surface area contributed by atoms with E-state index in [-0.39, 0.29) is 12.5 Å². The zero-order valence-electron chi connectivity index (χ0n) is 8.98. The molecule has 0 saturated carbocycles. The fourth-order valence-electron chi connectivity index (χ4n) is 1.95. The predicted octanol–water partition coefficient (Wildman–Crippen LogP) is 0.0469. The van der Waals surface area contributed by atoms with E-state index in [4.69, 9.17) is 10.8 Å². The first-order valence-corrected chi connectivity index (χ1v) is 5.30. The zero-order chi connectivity index (χ0) is 11.4. The molecule has 1 saturated heterocycles. The third-order valence-corrected chi connectivity index (χ3v) is 2.73. The van der Waals surface area contributed by atoms with Gasteiger partial charge in [0.2, 0.25) is 5.91 Å². The van der Waals surface area contributed by atoms with Gasteiger partial charge in [-0.2, -0.15) is 0 Å². The Morgan fingerprint density at radius 3 is 2.93 bits per heavy atom. The summed E-state index contributed by atoms with van der Waals surface area (Å²) in [5.41, 5.74) is 5.38. The van der Waals surface area contributed by atoms with Crippen molar-refractivity contribution in [1.29, 1.82) is 0 Å². The van der Waals surface area contributed by atoms with Crippen LogP contribution in [0.15, 0.2) is 0 Å². The Morgan fingerprint density at radius 2 is 2.40 bits per heavy atom. The maximum atomic E-state index is 11.5. The number of carboxylic acid groups (broad SMARTS) is 1. The third-order valence-electron chi connectivity index (χ3n) is 2.73. The van der Waals surface area contributed by atoms with Crippen LogP contribution in [0.5, 0.6) is 0 Å². The van der Waals surface area contributed by atoms with E-state index in [2.05, 4.69) is 6.92 Å². The van der Waals surface area contributed by atoms with Crippen LogP contribution in [0.3, 0.4) is 0 Å². The van der Waals surface area contributed by atoms with Crippen LogP contribution >= 0.6 is 0 Å². The van der Waals surface area contributed by atoms with E-state index in [1.165, 1.54) is 0 Å². The van der Waals surface area contributed by atoms with Crippen molar-refractivity contribution in [2.45, 2.75) is 32.2 Å². The smallest absolute Gasteiger partial charge is 0.322 e. The van der Waals surface area contributed by atoms with E-state index in [1.807, 2.05) is 0 Å². The van der Waals surface area contributed by atoms with Crippen LogP contribution < -0.4 is 5.73 Å². The highest BCUT2D eigenvalue weighted by Gasteiger charge is 2.30. The van der Waals surface area contributed by atoms with Gasteiger partial charge in [0.25, 0.3) is 0 Å². The molecule has 1 aliphatic rings. The first-order valence-electron chi connectivity index (χ1n) is 5.30. The van der Waals surface area contributed by atoms with Crippen LogP contribution in [0, 0.1) is 5.92 Å². The Balaban J connectivity index is 2.43. The number of nitrogens with two attached hydrogens (primary N) is 1. The first kappa shape index (κ1) is 12.0. The lowest BCUT2D eigenvalue weighted by Crippen LogP contribution is -2.43. The van der Waals surface area contributed by atoms with Gasteiger partial charge in [0.15, 0.2) is 0 Å². The number of hydrogen-bond acceptors (Lipinski definition) is 3. The van der Waals surface area contributed by atoms with E-state index in [9.17, 15) is 9.59 Å². The van der Waals surface area contributed by atoms with Crippen molar-refractivity contribution in [1.82, 2.24) is 4.90 Å². The van der Waals surface area contributed by atoms with Gasteiger partial charge in [0.1, 0.15) is 6.04 Å². The zero-order valence-corrected chi connectivity index (χ0v) is 8.98. The second kappa shape index (κ2) is 5.11. The normalized spacial score (nSPS) is 23.2. The van der Waals surface area contributed by atoms with Gasteiger partial charge in [0.05, 0.1) is 0 Å². The molecule has 0 aliphatic carbocycles. The molecule has 0 spiro atoms. The quantitative estimate of drug-likeness (QED) is 0.677. The number of carboxylic acids is 1. The van der Waals surface area contributed by atoms with E-state index in [1.54, 1.807) is 4.90 Å². The number of rotatable bonds is 5. The molecule has 3 N–H and O–H groups in total. The highest BCUT2D eigenvalue weighted by molar-refractivity contribution is 5.80. The average Bonchev–Trinajstić information content (AvgIpc) is 2.47. The molecule has 2 atom stereocenters. The van der Waals surface area contributed by atoms with Crippen LogP contribution in [-0.2, 0) is 9.59 Å². The van der Waals surface area contributed by atoms with Gasteiger partial charge in [-0.1, -0.05) is 13.3 Å². The average molecular weight is 214 g/mol. The Bertz CT molecular complexity index is 255. The summed E-state index contributed by atoms with van der Waals surface area (Å²) in [5.74, 6) is -0.643. The summed E-state index contributed by atoms with van der Waals surface area (Å²) in [6, 6.07) is -0.964. The van der Waals surface area contributed by atoms with Crippen molar-refractivity contribution >= 4 is 11.9 Å². The van der Waals surface area contributed by atoms with Gasteiger partial charge in [0, 0.05) is 19.5 Å². The molecule has 1 amide bonds. The predicted molar refractivity (Wildman–Crippen MR) is 55.2 cm³/mol. The fraction of sp³-hybridized carbons (Fsp3) is 0.800. The lowest BCUT2D eigenvalue weighted by Gasteiger charge is -2.18. The van der Waals surface area contributed by atoms with Crippen LogP contribution in [0.1, 0.15) is 26.2 Å². The summed E-state index contributed by atoms with van der Waals surface area (Å²) < 4.78 is 0. The molecule has 0 radical (unpaired) electrons. The summed E-state index contributed by atoms with van der Waals surface area (Å²) >= 11 is 0. The molecular weight excluding hydrogens is 196 g/mol. The minimum Gasteiger partial charge on any atom is -0.480 e. The summed E-state index contributed by atoms with van der Waals surface area (Å²) in [4.78, 5) is 23.6. The van der Waals surface area contributed by atoms with Crippen LogP contribution in [0.2, 0.25) is 0 Å². The largest absolute Gasteiger partial charge is 0.480 e. The molecular formula is C10H18N2O3. The van der Waals surface area contributed by atoms with Crippen LogP contribution in [0.4, 0.5) is 0 Å². The Morgan fingerprint density at radius 1 is 1.73 bits per heavy atom. The minimum absolute atomic E-state index is 0.0325. The van der Waals surface area contributed by atoms with Gasteiger partial charge in [-0.3, -0.25) is 9.59 Å². The highest BCUT2D eigenvalue weighted by atomic mass is 16.4. The molecule has 86 valence electrons. The second-order valence-corrected chi connectivity index (χ2v) is 4.10. The molecule has 2 unspecified atom stereocenters. The van der Waals surface area contributed by atoms with Gasteiger partial charge in [-0.25, -0.2) is 0 Å². The number of likely N-dealkylation sites (tertiary alicyclic amines) is 1. The van der Waals surface area contributed by atoms with Crippen molar-refractivity contribution in [3.8, 4) is 0 Å². The van der Waals surface area contributed by atoms with Crippen LogP contribution in [-0.4, -0.2) is 41.0 Å². The Kier molecular flexibility index (Phi) is 4.08. The van der Waals surface area contributed by atoms with Crippen molar-refractivity contribution in [3.63, 3.8) is 0 Å². The van der Waals surface area contributed by atoms with Gasteiger partial charge < -0.3 is 15.7 Å². The van der Waals surface area contributed by atoms with Gasteiger partial charge >= 0.3 is 5.97 Å². The van der Waals surface area contributed by atoms with Crippen molar-refractivity contribution in [3.05, 3.63) is 0 Å². The number of nitrogens with zero attached hydrogens (tertiary/aromatic N) is 1. The number of carbonyl (C=O) groups is 2. The standard InChI is InChI=1S/C10H18N2O3/c1-2-3-7-4-9(13)12(5-7)6-8(11)10(14)15/h7-8H,2-6,11H2,1H3,(H,14,15). The van der Waals surface area contributed by atoms with Gasteiger partial charge in [-0.05, 0) is 12.3 Å². The third kappa shape index (κ3) is 3.20. The maximum absolute atomic E-state index is 11.5. The number of hydrogen-bond donors (Lipinski definition) is 2. The first-order chi connectivity index (χ1) is 7.04. The summed E-state index contributed by atoms with van der Waals surface area (Å²) in [7, 11) is 0. The molecule has 0 aromatic rings. The van der Waals surface area contributed by atoms with E-state index >= 15 is 0 Å². The molecule has 1 fully saturated rings. The SMILES string of the molecule is CCCC1CC(=O)N(CC(N)C(=O)O)C1. The molecule has 5 heteroatoms. The second-order valence-electron chi connectivity index (χ2n) is 4.10.